The first-order valence-corrected chi connectivity index (χ1v) is 6.94. The van der Waals surface area contributed by atoms with Gasteiger partial charge in [-0.3, -0.25) is 4.79 Å². The molecule has 1 aromatic heterocycles. The molecule has 2 heterocycles. The maximum Gasteiger partial charge on any atom is 0.416 e. The molecule has 0 unspecified atom stereocenters. The number of alkyl halides is 3. The fourth-order valence-electron chi connectivity index (χ4n) is 2.52. The minimum atomic E-state index is -4.40. The van der Waals surface area contributed by atoms with Crippen molar-refractivity contribution >= 4 is 17.4 Å². The molecule has 0 atom stereocenters. The molecule has 0 saturated carbocycles. The Labute approximate surface area is 131 Å². The average molecular weight is 321 g/mol. The third kappa shape index (κ3) is 2.74. The summed E-state index contributed by atoms with van der Waals surface area (Å²) in [5, 5.41) is 0. The van der Waals surface area contributed by atoms with Crippen LogP contribution in [0.25, 0.3) is 11.3 Å². The summed E-state index contributed by atoms with van der Waals surface area (Å²) in [6, 6.07) is 8.37. The van der Waals surface area contributed by atoms with E-state index < -0.39 is 11.7 Å². The molecule has 23 heavy (non-hydrogen) atoms. The highest BCUT2D eigenvalue weighted by molar-refractivity contribution is 6.02. The lowest BCUT2D eigenvalue weighted by Gasteiger charge is -2.32. The summed E-state index contributed by atoms with van der Waals surface area (Å²) >= 11 is 0. The number of amides is 1. The third-order valence-corrected chi connectivity index (χ3v) is 3.81. The fourth-order valence-corrected chi connectivity index (χ4v) is 2.52. The van der Waals surface area contributed by atoms with E-state index in [1.54, 1.807) is 37.2 Å². The third-order valence-electron chi connectivity index (χ3n) is 3.81. The molecule has 0 saturated heterocycles. The molecule has 0 fully saturated rings. The molecule has 7 heteroatoms. The van der Waals surface area contributed by atoms with Crippen molar-refractivity contribution in [1.82, 2.24) is 4.98 Å². The lowest BCUT2D eigenvalue weighted by molar-refractivity contribution is -0.137. The van der Waals surface area contributed by atoms with Crippen LogP contribution in [-0.4, -0.2) is 31.5 Å². The number of likely N-dealkylation sites (N-methyl/N-ethyl adjacent to an activating group) is 2. The summed E-state index contributed by atoms with van der Waals surface area (Å²) in [6.45, 7) is 0.183. The van der Waals surface area contributed by atoms with Gasteiger partial charge in [-0.25, -0.2) is 4.98 Å². The van der Waals surface area contributed by atoms with E-state index in [2.05, 4.69) is 4.98 Å². The number of nitrogens with zero attached hydrogens (tertiary/aromatic N) is 3. The first-order valence-electron chi connectivity index (χ1n) is 6.94. The molecule has 4 nitrogen and oxygen atoms in total. The number of fused-ring (bicyclic) bond motifs is 1. The zero-order chi connectivity index (χ0) is 16.8. The Balaban J connectivity index is 2.06. The largest absolute Gasteiger partial charge is 0.416 e. The number of carbonyl (C=O) groups excluding carboxylic acids is 1. The second-order valence-electron chi connectivity index (χ2n) is 5.43. The van der Waals surface area contributed by atoms with E-state index in [1.165, 1.54) is 11.0 Å². The summed E-state index contributed by atoms with van der Waals surface area (Å²) in [5.41, 5.74) is 0.745. The smallest absolute Gasteiger partial charge is 0.349 e. The van der Waals surface area contributed by atoms with Gasteiger partial charge in [-0.2, -0.15) is 13.2 Å². The van der Waals surface area contributed by atoms with E-state index >= 15 is 0 Å². The van der Waals surface area contributed by atoms with Crippen molar-refractivity contribution < 1.29 is 18.0 Å². The van der Waals surface area contributed by atoms with Gasteiger partial charge < -0.3 is 9.80 Å². The van der Waals surface area contributed by atoms with Gasteiger partial charge in [0.1, 0.15) is 0 Å². The summed E-state index contributed by atoms with van der Waals surface area (Å²) in [6.07, 6.45) is -4.40. The molecule has 0 radical (unpaired) electrons. The van der Waals surface area contributed by atoms with Gasteiger partial charge in [0.05, 0.1) is 23.5 Å². The minimum absolute atomic E-state index is 0.0615. The Morgan fingerprint density at radius 3 is 2.57 bits per heavy atom. The maximum atomic E-state index is 12.8. The molecule has 2 aromatic rings. The summed E-state index contributed by atoms with van der Waals surface area (Å²) in [7, 11) is 3.38. The molecule has 1 aliphatic rings. The van der Waals surface area contributed by atoms with Crippen LogP contribution < -0.4 is 9.80 Å². The molecular formula is C16H14F3N3O. The summed E-state index contributed by atoms with van der Waals surface area (Å²) in [4.78, 5) is 19.4. The minimum Gasteiger partial charge on any atom is -0.349 e. The van der Waals surface area contributed by atoms with Crippen molar-refractivity contribution in [3.8, 4) is 11.3 Å². The highest BCUT2D eigenvalue weighted by Gasteiger charge is 2.31. The molecule has 3 rings (SSSR count). The van der Waals surface area contributed by atoms with Gasteiger partial charge in [0.2, 0.25) is 5.91 Å². The van der Waals surface area contributed by atoms with Crippen LogP contribution in [-0.2, 0) is 11.0 Å². The monoisotopic (exact) mass is 321 g/mol. The van der Waals surface area contributed by atoms with Crippen LogP contribution in [0.5, 0.6) is 0 Å². The summed E-state index contributed by atoms with van der Waals surface area (Å²) < 4.78 is 38.5. The normalized spacial score (nSPS) is 14.9. The van der Waals surface area contributed by atoms with Crippen LogP contribution in [0.1, 0.15) is 5.56 Å². The quantitative estimate of drug-likeness (QED) is 0.809. The lowest BCUT2D eigenvalue weighted by Crippen LogP contribution is -2.42. The van der Waals surface area contributed by atoms with Gasteiger partial charge in [0.15, 0.2) is 5.82 Å². The maximum absolute atomic E-state index is 12.8. The van der Waals surface area contributed by atoms with Gasteiger partial charge in [-0.05, 0) is 24.3 Å². The predicted molar refractivity (Wildman–Crippen MR) is 81.4 cm³/mol. The number of hydrogen-bond acceptors (Lipinski definition) is 3. The lowest BCUT2D eigenvalue weighted by atomic mass is 10.1. The second kappa shape index (κ2) is 5.26. The molecular weight excluding hydrogens is 307 g/mol. The fraction of sp³-hybridized carbons (Fsp3) is 0.250. The number of aromatic nitrogens is 1. The van der Waals surface area contributed by atoms with Crippen LogP contribution in [0.2, 0.25) is 0 Å². The molecule has 1 amide bonds. The van der Waals surface area contributed by atoms with Gasteiger partial charge in [0.25, 0.3) is 0 Å². The molecule has 0 spiro atoms. The summed E-state index contributed by atoms with van der Waals surface area (Å²) in [5.74, 6) is 0.510. The SMILES string of the molecule is CN1CC(=O)N(C)c2ccc(-c3cccc(C(F)(F)F)c3)nc21. The Morgan fingerprint density at radius 1 is 1.13 bits per heavy atom. The molecule has 120 valence electrons. The Kier molecular flexibility index (Phi) is 3.50. The van der Waals surface area contributed by atoms with E-state index in [1.807, 2.05) is 0 Å². The number of carbonyl (C=O) groups is 1. The van der Waals surface area contributed by atoms with E-state index in [-0.39, 0.29) is 12.5 Å². The second-order valence-corrected chi connectivity index (χ2v) is 5.43. The van der Waals surface area contributed by atoms with Crippen molar-refractivity contribution in [3.63, 3.8) is 0 Å². The first-order chi connectivity index (χ1) is 10.8. The Bertz CT molecular complexity index is 773. The van der Waals surface area contributed by atoms with E-state index in [9.17, 15) is 18.0 Å². The molecule has 1 aromatic carbocycles. The van der Waals surface area contributed by atoms with Gasteiger partial charge in [-0.1, -0.05) is 12.1 Å². The Hall–Kier alpha value is -2.57. The standard InChI is InChI=1S/C16H14F3N3O/c1-21-9-14(23)22(2)13-7-6-12(20-15(13)21)10-4-3-5-11(8-10)16(17,18)19/h3-8H,9H2,1-2H3. The van der Waals surface area contributed by atoms with Gasteiger partial charge in [-0.15, -0.1) is 0 Å². The van der Waals surface area contributed by atoms with Crippen LogP contribution in [0, 0.1) is 0 Å². The van der Waals surface area contributed by atoms with Gasteiger partial charge >= 0.3 is 6.18 Å². The number of pyridine rings is 1. The zero-order valence-electron chi connectivity index (χ0n) is 12.6. The van der Waals surface area contributed by atoms with E-state index in [4.69, 9.17) is 0 Å². The first kappa shape index (κ1) is 15.3. The van der Waals surface area contributed by atoms with Crippen molar-refractivity contribution in [2.45, 2.75) is 6.18 Å². The number of halogens is 3. The predicted octanol–water partition coefficient (Wildman–Crippen LogP) is 3.18. The zero-order valence-corrected chi connectivity index (χ0v) is 12.6. The topological polar surface area (TPSA) is 36.4 Å². The number of hydrogen-bond donors (Lipinski definition) is 0. The molecule has 1 aliphatic heterocycles. The van der Waals surface area contributed by atoms with Crippen molar-refractivity contribution in [3.05, 3.63) is 42.0 Å². The number of rotatable bonds is 1. The molecule has 0 N–H and O–H groups in total. The molecule has 0 bridgehead atoms. The highest BCUT2D eigenvalue weighted by Crippen LogP contribution is 2.35. The van der Waals surface area contributed by atoms with Crippen molar-refractivity contribution in [2.24, 2.45) is 0 Å². The van der Waals surface area contributed by atoms with Crippen LogP contribution >= 0.6 is 0 Å². The highest BCUT2D eigenvalue weighted by atomic mass is 19.4. The van der Waals surface area contributed by atoms with Crippen LogP contribution in [0.3, 0.4) is 0 Å². The van der Waals surface area contributed by atoms with Crippen LogP contribution in [0.4, 0.5) is 24.7 Å². The van der Waals surface area contributed by atoms with Crippen molar-refractivity contribution in [2.75, 3.05) is 30.4 Å². The van der Waals surface area contributed by atoms with E-state index in [0.29, 0.717) is 22.8 Å². The number of anilines is 2. The van der Waals surface area contributed by atoms with E-state index in [0.717, 1.165) is 12.1 Å². The number of benzene rings is 1. The molecule has 0 aliphatic carbocycles. The Morgan fingerprint density at radius 2 is 1.87 bits per heavy atom. The average Bonchev–Trinajstić information content (AvgIpc) is 2.51. The van der Waals surface area contributed by atoms with Crippen molar-refractivity contribution in [1.29, 1.82) is 0 Å². The van der Waals surface area contributed by atoms with Gasteiger partial charge in [0, 0.05) is 19.7 Å². The van der Waals surface area contributed by atoms with Crippen LogP contribution in [0.15, 0.2) is 36.4 Å².